The Hall–Kier alpha value is -2.26. The highest BCUT2D eigenvalue weighted by Gasteiger charge is 2.17. The fourth-order valence-electron chi connectivity index (χ4n) is 1.50. The standard InChI is InChI=1S/C11H11N3O3/c1-11(2,16)17-8-3-9(15)10-7(4-12)5-13-14(10)6-8/h3,5-6,15-16H,1-2H3. The number of rotatable bonds is 2. The molecule has 88 valence electrons. The number of fused-ring (bicyclic) bond motifs is 1. The Kier molecular flexibility index (Phi) is 2.41. The monoisotopic (exact) mass is 233 g/mol. The third-order valence-corrected chi connectivity index (χ3v) is 2.05. The van der Waals surface area contributed by atoms with Gasteiger partial charge in [-0.1, -0.05) is 0 Å². The van der Waals surface area contributed by atoms with E-state index >= 15 is 0 Å². The summed E-state index contributed by atoms with van der Waals surface area (Å²) in [5.41, 5.74) is 0.591. The van der Waals surface area contributed by atoms with Crippen LogP contribution in [0.4, 0.5) is 0 Å². The zero-order valence-corrected chi connectivity index (χ0v) is 9.38. The maximum absolute atomic E-state index is 9.78. The van der Waals surface area contributed by atoms with Crippen molar-refractivity contribution in [3.63, 3.8) is 0 Å². The minimum atomic E-state index is -1.36. The number of ether oxygens (including phenoxy) is 1. The van der Waals surface area contributed by atoms with E-state index in [4.69, 9.17) is 10.00 Å². The molecule has 0 spiro atoms. The Labute approximate surface area is 97.3 Å². The van der Waals surface area contributed by atoms with Crippen molar-refractivity contribution in [1.29, 1.82) is 5.26 Å². The first-order valence-electron chi connectivity index (χ1n) is 4.92. The lowest BCUT2D eigenvalue weighted by atomic mass is 10.2. The molecule has 0 unspecified atom stereocenters. The smallest absolute Gasteiger partial charge is 0.202 e. The molecule has 0 bridgehead atoms. The van der Waals surface area contributed by atoms with Gasteiger partial charge in [0, 0.05) is 19.9 Å². The Morgan fingerprint density at radius 1 is 1.53 bits per heavy atom. The lowest BCUT2D eigenvalue weighted by Gasteiger charge is -2.19. The van der Waals surface area contributed by atoms with E-state index in [1.807, 2.05) is 6.07 Å². The van der Waals surface area contributed by atoms with E-state index in [2.05, 4.69) is 5.10 Å². The van der Waals surface area contributed by atoms with Gasteiger partial charge in [-0.25, -0.2) is 4.52 Å². The van der Waals surface area contributed by atoms with Crippen molar-refractivity contribution in [2.24, 2.45) is 0 Å². The van der Waals surface area contributed by atoms with E-state index in [0.717, 1.165) is 0 Å². The van der Waals surface area contributed by atoms with Crippen molar-refractivity contribution >= 4 is 5.52 Å². The molecule has 2 rings (SSSR count). The molecule has 2 aromatic rings. The van der Waals surface area contributed by atoms with E-state index in [9.17, 15) is 10.2 Å². The summed E-state index contributed by atoms with van der Waals surface area (Å²) in [6.45, 7) is 2.94. The van der Waals surface area contributed by atoms with Crippen molar-refractivity contribution in [1.82, 2.24) is 9.61 Å². The van der Waals surface area contributed by atoms with Crippen molar-refractivity contribution < 1.29 is 14.9 Å². The molecule has 0 aliphatic heterocycles. The van der Waals surface area contributed by atoms with Gasteiger partial charge in [0.25, 0.3) is 0 Å². The third-order valence-electron chi connectivity index (χ3n) is 2.05. The molecule has 0 aliphatic carbocycles. The van der Waals surface area contributed by atoms with Crippen molar-refractivity contribution in [2.75, 3.05) is 0 Å². The second-order valence-electron chi connectivity index (χ2n) is 4.07. The zero-order chi connectivity index (χ0) is 12.6. The summed E-state index contributed by atoms with van der Waals surface area (Å²) in [7, 11) is 0. The lowest BCUT2D eigenvalue weighted by Crippen LogP contribution is -2.27. The summed E-state index contributed by atoms with van der Waals surface area (Å²) in [5, 5.41) is 32.0. The van der Waals surface area contributed by atoms with E-state index in [1.54, 1.807) is 0 Å². The normalized spacial score (nSPS) is 11.4. The van der Waals surface area contributed by atoms with Gasteiger partial charge < -0.3 is 14.9 Å². The summed E-state index contributed by atoms with van der Waals surface area (Å²) < 4.78 is 6.51. The zero-order valence-electron chi connectivity index (χ0n) is 9.38. The molecule has 0 aromatic carbocycles. The predicted molar refractivity (Wildman–Crippen MR) is 58.5 cm³/mol. The highest BCUT2D eigenvalue weighted by Crippen LogP contribution is 2.28. The molecule has 6 nitrogen and oxygen atoms in total. The lowest BCUT2D eigenvalue weighted by molar-refractivity contribution is -0.104. The van der Waals surface area contributed by atoms with E-state index in [0.29, 0.717) is 5.52 Å². The van der Waals surface area contributed by atoms with Crippen LogP contribution >= 0.6 is 0 Å². The molecule has 0 atom stereocenters. The van der Waals surface area contributed by atoms with Gasteiger partial charge in [-0.15, -0.1) is 0 Å². The largest absolute Gasteiger partial charge is 0.505 e. The predicted octanol–water partition coefficient (Wildman–Crippen LogP) is 1.02. The number of aromatic nitrogens is 2. The number of hydrogen-bond acceptors (Lipinski definition) is 5. The Morgan fingerprint density at radius 3 is 2.82 bits per heavy atom. The first-order chi connectivity index (χ1) is 7.90. The maximum atomic E-state index is 9.78. The van der Waals surface area contributed by atoms with Crippen LogP contribution in [0.2, 0.25) is 0 Å². The summed E-state index contributed by atoms with van der Waals surface area (Å²) >= 11 is 0. The van der Waals surface area contributed by atoms with Gasteiger partial charge in [-0.3, -0.25) is 0 Å². The molecule has 2 N–H and O–H groups in total. The molecular weight excluding hydrogens is 222 g/mol. The van der Waals surface area contributed by atoms with Gasteiger partial charge in [-0.05, 0) is 0 Å². The number of nitriles is 1. The molecule has 0 radical (unpaired) electrons. The molecule has 17 heavy (non-hydrogen) atoms. The van der Waals surface area contributed by atoms with Crippen LogP contribution in [0, 0.1) is 11.3 Å². The SMILES string of the molecule is CC(C)(O)Oc1cc(O)c2c(C#N)cnn2c1. The molecular formula is C11H11N3O3. The van der Waals surface area contributed by atoms with Gasteiger partial charge in [0.05, 0.1) is 12.4 Å². The summed E-state index contributed by atoms with van der Waals surface area (Å²) in [6, 6.07) is 3.25. The van der Waals surface area contributed by atoms with Crippen LogP contribution in [0.3, 0.4) is 0 Å². The molecule has 0 fully saturated rings. The number of nitrogens with zero attached hydrogens (tertiary/aromatic N) is 3. The Bertz CT molecular complexity index is 605. The highest BCUT2D eigenvalue weighted by atomic mass is 16.6. The van der Waals surface area contributed by atoms with Gasteiger partial charge in [0.2, 0.25) is 5.79 Å². The second kappa shape index (κ2) is 3.64. The van der Waals surface area contributed by atoms with Crippen LogP contribution < -0.4 is 4.74 Å². The van der Waals surface area contributed by atoms with Crippen LogP contribution in [0.1, 0.15) is 19.4 Å². The van der Waals surface area contributed by atoms with Crippen LogP contribution in [0.25, 0.3) is 5.52 Å². The summed E-state index contributed by atoms with van der Waals surface area (Å²) in [4.78, 5) is 0. The minimum Gasteiger partial charge on any atom is -0.505 e. The molecule has 0 amide bonds. The first-order valence-corrected chi connectivity index (χ1v) is 4.92. The first kappa shape index (κ1) is 11.2. The minimum absolute atomic E-state index is 0.124. The molecule has 2 aromatic heterocycles. The quantitative estimate of drug-likeness (QED) is 0.755. The van der Waals surface area contributed by atoms with Crippen molar-refractivity contribution in [2.45, 2.75) is 19.6 Å². The fraction of sp³-hybridized carbons (Fsp3) is 0.273. The van der Waals surface area contributed by atoms with Gasteiger partial charge in [0.15, 0.2) is 0 Å². The van der Waals surface area contributed by atoms with E-state index in [-0.39, 0.29) is 17.1 Å². The molecule has 0 saturated carbocycles. The van der Waals surface area contributed by atoms with Crippen LogP contribution in [0.15, 0.2) is 18.5 Å². The van der Waals surface area contributed by atoms with Crippen molar-refractivity contribution in [3.05, 3.63) is 24.0 Å². The highest BCUT2D eigenvalue weighted by molar-refractivity contribution is 5.69. The summed E-state index contributed by atoms with van der Waals surface area (Å²) in [5.74, 6) is -1.22. The topological polar surface area (TPSA) is 90.8 Å². The fourth-order valence-corrected chi connectivity index (χ4v) is 1.50. The second-order valence-corrected chi connectivity index (χ2v) is 4.07. The molecule has 6 heteroatoms. The maximum Gasteiger partial charge on any atom is 0.202 e. The number of aromatic hydroxyl groups is 1. The molecule has 0 aliphatic rings. The Balaban J connectivity index is 2.55. The van der Waals surface area contributed by atoms with Gasteiger partial charge in [-0.2, -0.15) is 10.4 Å². The molecule has 0 saturated heterocycles. The average molecular weight is 233 g/mol. The van der Waals surface area contributed by atoms with E-state index in [1.165, 1.54) is 36.8 Å². The average Bonchev–Trinajstić information content (AvgIpc) is 2.58. The van der Waals surface area contributed by atoms with Crippen LogP contribution in [0.5, 0.6) is 11.5 Å². The Morgan fingerprint density at radius 2 is 2.24 bits per heavy atom. The van der Waals surface area contributed by atoms with Crippen LogP contribution in [-0.4, -0.2) is 25.6 Å². The number of aliphatic hydroxyl groups is 1. The third kappa shape index (κ3) is 2.14. The van der Waals surface area contributed by atoms with Crippen LogP contribution in [-0.2, 0) is 0 Å². The van der Waals surface area contributed by atoms with Crippen molar-refractivity contribution in [3.8, 4) is 17.6 Å². The summed E-state index contributed by atoms with van der Waals surface area (Å²) in [6.07, 6.45) is 2.83. The van der Waals surface area contributed by atoms with E-state index < -0.39 is 5.79 Å². The van der Waals surface area contributed by atoms with Gasteiger partial charge in [0.1, 0.15) is 28.6 Å². The van der Waals surface area contributed by atoms with Gasteiger partial charge >= 0.3 is 0 Å². The number of pyridine rings is 1. The number of hydrogen-bond donors (Lipinski definition) is 2. The molecule has 2 heterocycles.